The molecule has 0 saturated carbocycles. The normalized spacial score (nSPS) is 11.1. The molecule has 0 fully saturated rings. The smallest absolute Gasteiger partial charge is 0.142 e. The quantitative estimate of drug-likeness (QED) is 0.767. The zero-order chi connectivity index (χ0) is 9.84. The number of aromatic nitrogens is 2. The van der Waals surface area contributed by atoms with Crippen molar-refractivity contribution in [1.82, 2.24) is 9.55 Å². The molecule has 13 heavy (non-hydrogen) atoms. The van der Waals surface area contributed by atoms with E-state index in [-0.39, 0.29) is 6.10 Å². The van der Waals surface area contributed by atoms with Crippen LogP contribution in [0.2, 0.25) is 0 Å². The Morgan fingerprint density at radius 2 is 2.31 bits per heavy atom. The van der Waals surface area contributed by atoms with Crippen molar-refractivity contribution < 1.29 is 4.74 Å². The molecule has 0 spiro atoms. The summed E-state index contributed by atoms with van der Waals surface area (Å²) in [6, 6.07) is 0. The van der Waals surface area contributed by atoms with E-state index in [9.17, 15) is 0 Å². The van der Waals surface area contributed by atoms with Gasteiger partial charge in [0.15, 0.2) is 0 Å². The van der Waals surface area contributed by atoms with Crippen molar-refractivity contribution in [2.45, 2.75) is 40.0 Å². The number of hydrogen-bond acceptors (Lipinski definition) is 3. The number of anilines is 1. The Hall–Kier alpha value is -1.03. The number of nitrogens with zero attached hydrogens (tertiary/aromatic N) is 2. The standard InChI is InChI=1S/C9H17N3O/c1-4-12-5-8(10)11-9(12)6-13-7(2)3/h5,7H,4,6,10H2,1-3H3. The molecule has 1 aromatic rings. The lowest BCUT2D eigenvalue weighted by atomic mass is 10.5. The summed E-state index contributed by atoms with van der Waals surface area (Å²) in [5.74, 6) is 1.46. The van der Waals surface area contributed by atoms with Gasteiger partial charge in [-0.2, -0.15) is 0 Å². The first-order valence-corrected chi connectivity index (χ1v) is 4.56. The molecule has 0 aliphatic carbocycles. The molecule has 0 unspecified atom stereocenters. The summed E-state index contributed by atoms with van der Waals surface area (Å²) < 4.78 is 7.44. The molecule has 0 aliphatic heterocycles. The topological polar surface area (TPSA) is 53.1 Å². The fourth-order valence-electron chi connectivity index (χ4n) is 1.11. The Bertz CT molecular complexity index is 268. The van der Waals surface area contributed by atoms with E-state index in [4.69, 9.17) is 10.5 Å². The van der Waals surface area contributed by atoms with Gasteiger partial charge in [-0.05, 0) is 20.8 Å². The molecule has 1 aromatic heterocycles. The van der Waals surface area contributed by atoms with Gasteiger partial charge in [-0.1, -0.05) is 0 Å². The van der Waals surface area contributed by atoms with Gasteiger partial charge < -0.3 is 15.0 Å². The number of aryl methyl sites for hydroxylation is 1. The molecule has 0 amide bonds. The third kappa shape index (κ3) is 2.73. The van der Waals surface area contributed by atoms with Crippen LogP contribution in [0.15, 0.2) is 6.20 Å². The summed E-state index contributed by atoms with van der Waals surface area (Å²) in [4.78, 5) is 4.17. The maximum absolute atomic E-state index is 5.57. The van der Waals surface area contributed by atoms with Gasteiger partial charge in [0.05, 0.1) is 6.10 Å². The summed E-state index contributed by atoms with van der Waals surface area (Å²) in [5, 5.41) is 0. The third-order valence-electron chi connectivity index (χ3n) is 1.76. The zero-order valence-electron chi connectivity index (χ0n) is 8.45. The molecular formula is C9H17N3O. The van der Waals surface area contributed by atoms with Gasteiger partial charge in [-0.3, -0.25) is 0 Å². The van der Waals surface area contributed by atoms with E-state index in [1.54, 1.807) is 0 Å². The van der Waals surface area contributed by atoms with Crippen LogP contribution in [0.4, 0.5) is 5.82 Å². The van der Waals surface area contributed by atoms with Crippen molar-refractivity contribution in [3.8, 4) is 0 Å². The van der Waals surface area contributed by atoms with Crippen LogP contribution in [-0.4, -0.2) is 15.7 Å². The number of hydrogen-bond donors (Lipinski definition) is 1. The molecule has 0 aromatic carbocycles. The Morgan fingerprint density at radius 1 is 1.62 bits per heavy atom. The first-order valence-electron chi connectivity index (χ1n) is 4.56. The predicted molar refractivity (Wildman–Crippen MR) is 52.2 cm³/mol. The Balaban J connectivity index is 2.64. The minimum atomic E-state index is 0.225. The van der Waals surface area contributed by atoms with Crippen LogP contribution in [-0.2, 0) is 17.9 Å². The molecule has 0 radical (unpaired) electrons. The van der Waals surface area contributed by atoms with Gasteiger partial charge in [0.1, 0.15) is 18.2 Å². The summed E-state index contributed by atoms with van der Waals surface area (Å²) in [6.07, 6.45) is 2.06. The van der Waals surface area contributed by atoms with E-state index in [1.807, 2.05) is 24.6 Å². The second-order valence-electron chi connectivity index (χ2n) is 3.23. The van der Waals surface area contributed by atoms with E-state index in [0.717, 1.165) is 12.4 Å². The Labute approximate surface area is 78.7 Å². The average molecular weight is 183 g/mol. The highest BCUT2D eigenvalue weighted by Crippen LogP contribution is 2.07. The number of ether oxygens (including phenoxy) is 1. The highest BCUT2D eigenvalue weighted by atomic mass is 16.5. The largest absolute Gasteiger partial charge is 0.382 e. The molecule has 4 nitrogen and oxygen atoms in total. The van der Waals surface area contributed by atoms with E-state index in [2.05, 4.69) is 11.9 Å². The van der Waals surface area contributed by atoms with Crippen LogP contribution < -0.4 is 5.73 Å². The van der Waals surface area contributed by atoms with Gasteiger partial charge in [0, 0.05) is 12.7 Å². The number of nitrogen functional groups attached to an aromatic ring is 1. The van der Waals surface area contributed by atoms with Crippen LogP contribution in [0, 0.1) is 0 Å². The monoisotopic (exact) mass is 183 g/mol. The fourth-order valence-corrected chi connectivity index (χ4v) is 1.11. The van der Waals surface area contributed by atoms with Crippen LogP contribution in [0.3, 0.4) is 0 Å². The molecule has 1 heterocycles. The van der Waals surface area contributed by atoms with E-state index in [1.165, 1.54) is 0 Å². The minimum absolute atomic E-state index is 0.225. The van der Waals surface area contributed by atoms with Crippen molar-refractivity contribution >= 4 is 5.82 Å². The van der Waals surface area contributed by atoms with Crippen molar-refractivity contribution in [3.05, 3.63) is 12.0 Å². The van der Waals surface area contributed by atoms with Crippen molar-refractivity contribution in [3.63, 3.8) is 0 Å². The lowest BCUT2D eigenvalue weighted by Crippen LogP contribution is -2.07. The lowest BCUT2D eigenvalue weighted by molar-refractivity contribution is 0.0596. The lowest BCUT2D eigenvalue weighted by Gasteiger charge is -2.07. The van der Waals surface area contributed by atoms with Crippen molar-refractivity contribution in [1.29, 1.82) is 0 Å². The average Bonchev–Trinajstić information content (AvgIpc) is 2.42. The summed E-state index contributed by atoms with van der Waals surface area (Å²) in [5.41, 5.74) is 5.57. The van der Waals surface area contributed by atoms with E-state index >= 15 is 0 Å². The Morgan fingerprint density at radius 3 is 2.85 bits per heavy atom. The molecule has 0 atom stereocenters. The molecule has 74 valence electrons. The third-order valence-corrected chi connectivity index (χ3v) is 1.76. The molecule has 0 aliphatic rings. The highest BCUT2D eigenvalue weighted by Gasteiger charge is 2.05. The number of imidazole rings is 1. The first kappa shape index (κ1) is 10.1. The number of nitrogens with two attached hydrogens (primary N) is 1. The Kier molecular flexibility index (Phi) is 3.31. The van der Waals surface area contributed by atoms with Crippen molar-refractivity contribution in [2.24, 2.45) is 0 Å². The zero-order valence-corrected chi connectivity index (χ0v) is 8.45. The van der Waals surface area contributed by atoms with Crippen molar-refractivity contribution in [2.75, 3.05) is 5.73 Å². The van der Waals surface area contributed by atoms with E-state index < -0.39 is 0 Å². The maximum atomic E-state index is 5.57. The second-order valence-corrected chi connectivity index (χ2v) is 3.23. The van der Waals surface area contributed by atoms with Crippen LogP contribution in [0.1, 0.15) is 26.6 Å². The van der Waals surface area contributed by atoms with Gasteiger partial charge in [-0.25, -0.2) is 4.98 Å². The maximum Gasteiger partial charge on any atom is 0.142 e. The minimum Gasteiger partial charge on any atom is -0.382 e. The van der Waals surface area contributed by atoms with Gasteiger partial charge >= 0.3 is 0 Å². The predicted octanol–water partition coefficient (Wildman–Crippen LogP) is 1.41. The molecule has 1 rings (SSSR count). The van der Waals surface area contributed by atoms with Crippen LogP contribution in [0.25, 0.3) is 0 Å². The SMILES string of the molecule is CCn1cc(N)nc1COC(C)C. The highest BCUT2D eigenvalue weighted by molar-refractivity contribution is 5.25. The van der Waals surface area contributed by atoms with Gasteiger partial charge in [0.25, 0.3) is 0 Å². The number of rotatable bonds is 4. The second kappa shape index (κ2) is 4.28. The molecule has 0 saturated heterocycles. The van der Waals surface area contributed by atoms with E-state index in [0.29, 0.717) is 12.4 Å². The fraction of sp³-hybridized carbons (Fsp3) is 0.667. The first-order chi connectivity index (χ1) is 6.13. The molecular weight excluding hydrogens is 166 g/mol. The van der Waals surface area contributed by atoms with Gasteiger partial charge in [0.2, 0.25) is 0 Å². The van der Waals surface area contributed by atoms with Gasteiger partial charge in [-0.15, -0.1) is 0 Å². The summed E-state index contributed by atoms with van der Waals surface area (Å²) in [6.45, 7) is 7.47. The summed E-state index contributed by atoms with van der Waals surface area (Å²) in [7, 11) is 0. The molecule has 2 N–H and O–H groups in total. The van der Waals surface area contributed by atoms with Crippen LogP contribution >= 0.6 is 0 Å². The van der Waals surface area contributed by atoms with Crippen LogP contribution in [0.5, 0.6) is 0 Å². The summed E-state index contributed by atoms with van der Waals surface area (Å²) >= 11 is 0. The molecule has 4 heteroatoms. The molecule has 0 bridgehead atoms.